The van der Waals surface area contributed by atoms with E-state index in [0.29, 0.717) is 11.3 Å². The normalized spacial score (nSPS) is 21.5. The van der Waals surface area contributed by atoms with E-state index in [1.807, 2.05) is 17.0 Å². The van der Waals surface area contributed by atoms with Crippen molar-refractivity contribution < 1.29 is 15.0 Å². The van der Waals surface area contributed by atoms with E-state index in [1.165, 1.54) is 0 Å². The van der Waals surface area contributed by atoms with Crippen LogP contribution in [0.5, 0.6) is 0 Å². The molecule has 4 heteroatoms. The molecule has 1 aromatic carbocycles. The summed E-state index contributed by atoms with van der Waals surface area (Å²) in [5.41, 5.74) is 1.02. The first-order valence-electron chi connectivity index (χ1n) is 5.88. The highest BCUT2D eigenvalue weighted by Gasteiger charge is 2.30. The van der Waals surface area contributed by atoms with Crippen LogP contribution < -0.4 is 4.90 Å². The highest BCUT2D eigenvalue weighted by Crippen LogP contribution is 2.30. The molecule has 1 fully saturated rings. The number of carboxylic acids is 1. The van der Waals surface area contributed by atoms with E-state index in [2.05, 4.69) is 0 Å². The fourth-order valence-corrected chi connectivity index (χ4v) is 2.50. The van der Waals surface area contributed by atoms with Crippen molar-refractivity contribution in [1.82, 2.24) is 0 Å². The van der Waals surface area contributed by atoms with Crippen molar-refractivity contribution in [2.45, 2.75) is 31.9 Å². The molecule has 1 heterocycles. The van der Waals surface area contributed by atoms with E-state index >= 15 is 0 Å². The fraction of sp³-hybridized carbons (Fsp3) is 0.462. The number of hydrogen-bond donors (Lipinski definition) is 2. The van der Waals surface area contributed by atoms with Gasteiger partial charge in [-0.2, -0.15) is 0 Å². The summed E-state index contributed by atoms with van der Waals surface area (Å²) in [6, 6.07) is 6.99. The molecule has 17 heavy (non-hydrogen) atoms. The summed E-state index contributed by atoms with van der Waals surface area (Å²) >= 11 is 0. The Kier molecular flexibility index (Phi) is 3.33. The Morgan fingerprint density at radius 1 is 1.47 bits per heavy atom. The van der Waals surface area contributed by atoms with E-state index in [9.17, 15) is 9.90 Å². The van der Waals surface area contributed by atoms with Crippen LogP contribution in [0.2, 0.25) is 0 Å². The van der Waals surface area contributed by atoms with Gasteiger partial charge in [0.25, 0.3) is 0 Å². The van der Waals surface area contributed by atoms with Crippen LogP contribution in [0.4, 0.5) is 5.69 Å². The highest BCUT2D eigenvalue weighted by molar-refractivity contribution is 5.94. The van der Waals surface area contributed by atoms with Crippen molar-refractivity contribution in [2.75, 3.05) is 11.4 Å². The van der Waals surface area contributed by atoms with Gasteiger partial charge in [0.1, 0.15) is 0 Å². The maximum Gasteiger partial charge on any atom is 0.337 e. The van der Waals surface area contributed by atoms with Gasteiger partial charge >= 0.3 is 5.97 Å². The molecule has 2 N–H and O–H groups in total. The fourth-order valence-electron chi connectivity index (χ4n) is 2.50. The van der Waals surface area contributed by atoms with Crippen molar-refractivity contribution in [3.63, 3.8) is 0 Å². The monoisotopic (exact) mass is 235 g/mol. The van der Waals surface area contributed by atoms with Gasteiger partial charge in [0.05, 0.1) is 23.4 Å². The minimum Gasteiger partial charge on any atom is -0.478 e. The number of nitrogens with zero attached hydrogens (tertiary/aromatic N) is 1. The zero-order chi connectivity index (χ0) is 12.4. The molecule has 2 atom stereocenters. The molecule has 92 valence electrons. The third-order valence-electron chi connectivity index (χ3n) is 3.30. The SMILES string of the molecule is C[C@@H](O)[C@H]1CCCN1c1ccccc1C(=O)O. The van der Waals surface area contributed by atoms with Gasteiger partial charge in [-0.05, 0) is 31.9 Å². The van der Waals surface area contributed by atoms with Crippen molar-refractivity contribution in [3.8, 4) is 0 Å². The third-order valence-corrected chi connectivity index (χ3v) is 3.30. The lowest BCUT2D eigenvalue weighted by atomic mass is 10.1. The highest BCUT2D eigenvalue weighted by atomic mass is 16.4. The van der Waals surface area contributed by atoms with E-state index in [-0.39, 0.29) is 6.04 Å². The summed E-state index contributed by atoms with van der Waals surface area (Å²) in [5, 5.41) is 18.9. The maximum atomic E-state index is 11.2. The smallest absolute Gasteiger partial charge is 0.337 e. The van der Waals surface area contributed by atoms with Gasteiger partial charge in [-0.3, -0.25) is 0 Å². The van der Waals surface area contributed by atoms with Crippen LogP contribution in [-0.2, 0) is 0 Å². The minimum atomic E-state index is -0.920. The Morgan fingerprint density at radius 2 is 2.18 bits per heavy atom. The molecule has 0 radical (unpaired) electrons. The van der Waals surface area contributed by atoms with E-state index < -0.39 is 12.1 Å². The lowest BCUT2D eigenvalue weighted by Crippen LogP contribution is -2.38. The van der Waals surface area contributed by atoms with Crippen LogP contribution in [0, 0.1) is 0 Å². The number of anilines is 1. The van der Waals surface area contributed by atoms with Gasteiger partial charge < -0.3 is 15.1 Å². The summed E-state index contributed by atoms with van der Waals surface area (Å²) in [5.74, 6) is -0.920. The van der Waals surface area contributed by atoms with Gasteiger partial charge in [0, 0.05) is 6.54 Å². The van der Waals surface area contributed by atoms with Gasteiger partial charge in [0.2, 0.25) is 0 Å². The minimum absolute atomic E-state index is 0.0236. The van der Waals surface area contributed by atoms with E-state index in [4.69, 9.17) is 5.11 Å². The first kappa shape index (κ1) is 11.9. The molecule has 1 saturated heterocycles. The van der Waals surface area contributed by atoms with Crippen LogP contribution >= 0.6 is 0 Å². The molecule has 0 aliphatic carbocycles. The zero-order valence-corrected chi connectivity index (χ0v) is 9.84. The molecular formula is C13H17NO3. The molecule has 1 aromatic rings. The van der Waals surface area contributed by atoms with Gasteiger partial charge in [-0.15, -0.1) is 0 Å². The van der Waals surface area contributed by atoms with E-state index in [1.54, 1.807) is 19.1 Å². The number of carbonyl (C=O) groups is 1. The molecule has 0 spiro atoms. The lowest BCUT2D eigenvalue weighted by Gasteiger charge is -2.29. The van der Waals surface area contributed by atoms with Gasteiger partial charge in [-0.1, -0.05) is 12.1 Å². The molecular weight excluding hydrogens is 218 g/mol. The average molecular weight is 235 g/mol. The molecule has 0 unspecified atom stereocenters. The Morgan fingerprint density at radius 3 is 2.82 bits per heavy atom. The Balaban J connectivity index is 2.36. The van der Waals surface area contributed by atoms with E-state index in [0.717, 1.165) is 19.4 Å². The molecule has 0 amide bonds. The Hall–Kier alpha value is -1.55. The lowest BCUT2D eigenvalue weighted by molar-refractivity contribution is 0.0697. The number of rotatable bonds is 3. The quantitative estimate of drug-likeness (QED) is 0.837. The standard InChI is InChI=1S/C13H17NO3/c1-9(15)11-7-4-8-14(11)12-6-3-2-5-10(12)13(16)17/h2-3,5-6,9,11,15H,4,7-8H2,1H3,(H,16,17)/t9-,11-/m1/s1. The number of para-hydroxylation sites is 1. The summed E-state index contributed by atoms with van der Waals surface area (Å²) in [6.45, 7) is 2.56. The van der Waals surface area contributed by atoms with Crippen molar-refractivity contribution in [3.05, 3.63) is 29.8 Å². The molecule has 0 saturated carbocycles. The van der Waals surface area contributed by atoms with Crippen molar-refractivity contribution in [2.24, 2.45) is 0 Å². The summed E-state index contributed by atoms with van der Waals surface area (Å²) in [4.78, 5) is 13.2. The molecule has 4 nitrogen and oxygen atoms in total. The third kappa shape index (κ3) is 2.26. The maximum absolute atomic E-state index is 11.2. The zero-order valence-electron chi connectivity index (χ0n) is 9.84. The largest absolute Gasteiger partial charge is 0.478 e. The predicted octanol–water partition coefficient (Wildman–Crippen LogP) is 1.73. The van der Waals surface area contributed by atoms with Crippen LogP contribution in [0.1, 0.15) is 30.1 Å². The predicted molar refractivity (Wildman–Crippen MR) is 65.5 cm³/mol. The van der Waals surface area contributed by atoms with Crippen molar-refractivity contribution in [1.29, 1.82) is 0 Å². The van der Waals surface area contributed by atoms with Crippen LogP contribution in [0.3, 0.4) is 0 Å². The Bertz CT molecular complexity index is 417. The second-order valence-corrected chi connectivity index (χ2v) is 4.47. The summed E-state index contributed by atoms with van der Waals surface area (Å²) in [6.07, 6.45) is 1.45. The molecule has 0 aromatic heterocycles. The second-order valence-electron chi connectivity index (χ2n) is 4.47. The number of aliphatic hydroxyl groups is 1. The van der Waals surface area contributed by atoms with Gasteiger partial charge in [-0.25, -0.2) is 4.79 Å². The van der Waals surface area contributed by atoms with Crippen molar-refractivity contribution >= 4 is 11.7 Å². The summed E-state index contributed by atoms with van der Waals surface area (Å²) < 4.78 is 0. The number of aromatic carboxylic acids is 1. The number of aliphatic hydroxyl groups excluding tert-OH is 1. The van der Waals surface area contributed by atoms with Gasteiger partial charge in [0.15, 0.2) is 0 Å². The number of hydrogen-bond acceptors (Lipinski definition) is 3. The molecule has 2 rings (SSSR count). The first-order chi connectivity index (χ1) is 8.11. The second kappa shape index (κ2) is 4.75. The Labute approximate surface area is 100 Å². The number of benzene rings is 1. The number of carboxylic acid groups (broad SMARTS) is 1. The first-order valence-corrected chi connectivity index (χ1v) is 5.88. The molecule has 0 bridgehead atoms. The van der Waals surface area contributed by atoms with Crippen LogP contribution in [0.25, 0.3) is 0 Å². The molecule has 1 aliphatic rings. The van der Waals surface area contributed by atoms with Crippen LogP contribution in [-0.4, -0.2) is 34.9 Å². The van der Waals surface area contributed by atoms with Crippen LogP contribution in [0.15, 0.2) is 24.3 Å². The summed E-state index contributed by atoms with van der Waals surface area (Å²) in [7, 11) is 0. The molecule has 1 aliphatic heterocycles. The average Bonchev–Trinajstić information content (AvgIpc) is 2.77. The topological polar surface area (TPSA) is 60.8 Å².